The summed E-state index contributed by atoms with van der Waals surface area (Å²) in [7, 11) is 3.52. The molecule has 0 aliphatic rings. The lowest BCUT2D eigenvalue weighted by Gasteiger charge is -2.15. The highest BCUT2D eigenvalue weighted by molar-refractivity contribution is 9.10. The fourth-order valence-corrected chi connectivity index (χ4v) is 1.48. The molecule has 0 bridgehead atoms. The Balaban J connectivity index is 0.000000921. The number of anilines is 1. The van der Waals surface area contributed by atoms with E-state index in [1.165, 1.54) is 6.07 Å². The summed E-state index contributed by atoms with van der Waals surface area (Å²) in [6, 6.07) is 2.98. The maximum absolute atomic E-state index is 13.2. The molecule has 1 aromatic rings. The highest BCUT2D eigenvalue weighted by Crippen LogP contribution is 2.25. The van der Waals surface area contributed by atoms with Crippen molar-refractivity contribution < 1.29 is 9.18 Å². The van der Waals surface area contributed by atoms with Crippen molar-refractivity contribution in [1.29, 1.82) is 0 Å². The summed E-state index contributed by atoms with van der Waals surface area (Å²) < 4.78 is 13.8. The van der Waals surface area contributed by atoms with E-state index in [0.717, 1.165) is 0 Å². The quantitative estimate of drug-likeness (QED) is 0.771. The van der Waals surface area contributed by atoms with Gasteiger partial charge in [-0.1, -0.05) is 29.8 Å². The molecular formula is C11H15BrFNO. The number of benzene rings is 1. The first-order valence-corrected chi connectivity index (χ1v) is 5.47. The first-order chi connectivity index (χ1) is 7.06. The smallest absolute Gasteiger partial charge is 0.155 e. The van der Waals surface area contributed by atoms with E-state index in [-0.39, 0.29) is 5.56 Å². The van der Waals surface area contributed by atoms with E-state index in [1.54, 1.807) is 25.1 Å². The van der Waals surface area contributed by atoms with Crippen LogP contribution in [0.3, 0.4) is 0 Å². The van der Waals surface area contributed by atoms with Gasteiger partial charge in [0.05, 0.1) is 11.3 Å². The van der Waals surface area contributed by atoms with E-state index >= 15 is 0 Å². The molecule has 0 spiro atoms. The Labute approximate surface area is 98.2 Å². The van der Waals surface area contributed by atoms with Gasteiger partial charge < -0.3 is 4.90 Å². The van der Waals surface area contributed by atoms with Gasteiger partial charge in [-0.15, -0.1) is 0 Å². The summed E-state index contributed by atoms with van der Waals surface area (Å²) in [5, 5.41) is 0. The SMILES string of the molecule is CC.CN(C)c1cc(Br)cc(F)c1C=O. The highest BCUT2D eigenvalue weighted by atomic mass is 79.9. The molecule has 84 valence electrons. The largest absolute Gasteiger partial charge is 0.377 e. The third kappa shape index (κ3) is 3.63. The number of halogens is 2. The maximum atomic E-state index is 13.2. The predicted molar refractivity (Wildman–Crippen MR) is 65.2 cm³/mol. The van der Waals surface area contributed by atoms with Crippen LogP contribution in [0.25, 0.3) is 0 Å². The van der Waals surface area contributed by atoms with Crippen LogP contribution in [0.5, 0.6) is 0 Å². The van der Waals surface area contributed by atoms with Gasteiger partial charge in [0, 0.05) is 18.6 Å². The van der Waals surface area contributed by atoms with Crippen molar-refractivity contribution in [1.82, 2.24) is 0 Å². The first-order valence-electron chi connectivity index (χ1n) is 4.68. The van der Waals surface area contributed by atoms with E-state index in [0.29, 0.717) is 16.4 Å². The molecule has 0 aliphatic carbocycles. The summed E-state index contributed by atoms with van der Waals surface area (Å²) in [5.74, 6) is -0.506. The van der Waals surface area contributed by atoms with E-state index in [1.807, 2.05) is 13.8 Å². The Morgan fingerprint density at radius 2 is 1.87 bits per heavy atom. The van der Waals surface area contributed by atoms with Crippen molar-refractivity contribution >= 4 is 27.9 Å². The van der Waals surface area contributed by atoms with Crippen molar-refractivity contribution in [3.05, 3.63) is 28.0 Å². The minimum Gasteiger partial charge on any atom is -0.377 e. The third-order valence-corrected chi connectivity index (χ3v) is 2.13. The molecule has 1 aromatic carbocycles. The summed E-state index contributed by atoms with van der Waals surface area (Å²) in [5.41, 5.74) is 0.662. The number of carbonyl (C=O) groups is 1. The Morgan fingerprint density at radius 1 is 1.33 bits per heavy atom. The van der Waals surface area contributed by atoms with E-state index < -0.39 is 5.82 Å². The summed E-state index contributed by atoms with van der Waals surface area (Å²) in [6.45, 7) is 4.00. The minimum atomic E-state index is -0.506. The molecule has 0 saturated heterocycles. The zero-order chi connectivity index (χ0) is 12.0. The van der Waals surface area contributed by atoms with E-state index in [2.05, 4.69) is 15.9 Å². The predicted octanol–water partition coefficient (Wildman–Crippen LogP) is 3.49. The minimum absolute atomic E-state index is 0.0909. The fraction of sp³-hybridized carbons (Fsp3) is 0.364. The Kier molecular flexibility index (Phi) is 6.17. The lowest BCUT2D eigenvalue weighted by Crippen LogP contribution is -2.12. The van der Waals surface area contributed by atoms with Crippen LogP contribution in [-0.4, -0.2) is 20.4 Å². The van der Waals surface area contributed by atoms with Crippen LogP contribution in [0.4, 0.5) is 10.1 Å². The molecule has 0 amide bonds. The highest BCUT2D eigenvalue weighted by Gasteiger charge is 2.10. The van der Waals surface area contributed by atoms with Gasteiger partial charge >= 0.3 is 0 Å². The molecule has 0 atom stereocenters. The average Bonchev–Trinajstić information content (AvgIpc) is 2.19. The Bertz CT molecular complexity index is 340. The van der Waals surface area contributed by atoms with Crippen LogP contribution < -0.4 is 4.90 Å². The van der Waals surface area contributed by atoms with Crippen LogP contribution >= 0.6 is 15.9 Å². The van der Waals surface area contributed by atoms with Gasteiger partial charge in [0.25, 0.3) is 0 Å². The molecule has 0 fully saturated rings. The average molecular weight is 276 g/mol. The van der Waals surface area contributed by atoms with Crippen LogP contribution in [0.15, 0.2) is 16.6 Å². The second-order valence-electron chi connectivity index (χ2n) is 2.83. The fourth-order valence-electron chi connectivity index (χ4n) is 1.06. The van der Waals surface area contributed by atoms with Crippen molar-refractivity contribution in [3.63, 3.8) is 0 Å². The van der Waals surface area contributed by atoms with Gasteiger partial charge in [-0.05, 0) is 12.1 Å². The topological polar surface area (TPSA) is 20.3 Å². The molecule has 0 saturated carbocycles. The molecule has 0 radical (unpaired) electrons. The summed E-state index contributed by atoms with van der Waals surface area (Å²) >= 11 is 3.16. The number of hydrogen-bond donors (Lipinski definition) is 0. The van der Waals surface area contributed by atoms with Gasteiger partial charge in [0.2, 0.25) is 0 Å². The van der Waals surface area contributed by atoms with Gasteiger partial charge in [0.15, 0.2) is 6.29 Å². The van der Waals surface area contributed by atoms with Crippen LogP contribution in [0.1, 0.15) is 24.2 Å². The molecular weight excluding hydrogens is 261 g/mol. The molecule has 0 aromatic heterocycles. The second-order valence-corrected chi connectivity index (χ2v) is 3.75. The zero-order valence-electron chi connectivity index (χ0n) is 9.34. The maximum Gasteiger partial charge on any atom is 0.155 e. The molecule has 0 aliphatic heterocycles. The lowest BCUT2D eigenvalue weighted by atomic mass is 10.2. The van der Waals surface area contributed by atoms with Crippen molar-refractivity contribution in [2.24, 2.45) is 0 Å². The number of nitrogens with zero attached hydrogens (tertiary/aromatic N) is 1. The van der Waals surface area contributed by atoms with Crippen LogP contribution in [0.2, 0.25) is 0 Å². The Morgan fingerprint density at radius 3 is 2.27 bits per heavy atom. The van der Waals surface area contributed by atoms with E-state index in [4.69, 9.17) is 0 Å². The molecule has 0 unspecified atom stereocenters. The second kappa shape index (κ2) is 6.56. The molecule has 0 heterocycles. The molecule has 0 N–H and O–H groups in total. The molecule has 4 heteroatoms. The lowest BCUT2D eigenvalue weighted by molar-refractivity contribution is 0.112. The number of rotatable bonds is 2. The third-order valence-electron chi connectivity index (χ3n) is 1.67. The van der Waals surface area contributed by atoms with Crippen molar-refractivity contribution in [2.75, 3.05) is 19.0 Å². The number of aldehydes is 1. The number of hydrogen-bond acceptors (Lipinski definition) is 2. The van der Waals surface area contributed by atoms with Gasteiger partial charge in [0.1, 0.15) is 5.82 Å². The normalized spacial score (nSPS) is 8.93. The van der Waals surface area contributed by atoms with Crippen LogP contribution in [-0.2, 0) is 0 Å². The van der Waals surface area contributed by atoms with Gasteiger partial charge in [-0.25, -0.2) is 4.39 Å². The van der Waals surface area contributed by atoms with Crippen molar-refractivity contribution in [3.8, 4) is 0 Å². The molecule has 1 rings (SSSR count). The summed E-state index contributed by atoms with van der Waals surface area (Å²) in [6.07, 6.45) is 0.525. The first kappa shape index (κ1) is 14.1. The Hall–Kier alpha value is -0.900. The number of carbonyl (C=O) groups excluding carboxylic acids is 1. The van der Waals surface area contributed by atoms with Gasteiger partial charge in [-0.3, -0.25) is 4.79 Å². The molecule has 2 nitrogen and oxygen atoms in total. The zero-order valence-corrected chi connectivity index (χ0v) is 10.9. The van der Waals surface area contributed by atoms with Crippen molar-refractivity contribution in [2.45, 2.75) is 13.8 Å². The molecule has 15 heavy (non-hydrogen) atoms. The van der Waals surface area contributed by atoms with Gasteiger partial charge in [-0.2, -0.15) is 0 Å². The standard InChI is InChI=1S/C9H9BrFNO.C2H6/c1-12(2)9-4-6(10)3-8(11)7(9)5-13;1-2/h3-5H,1-2H3;1-2H3. The summed E-state index contributed by atoms with van der Waals surface area (Å²) in [4.78, 5) is 12.3. The van der Waals surface area contributed by atoms with Crippen LogP contribution in [0, 0.1) is 5.82 Å². The van der Waals surface area contributed by atoms with E-state index in [9.17, 15) is 9.18 Å². The monoisotopic (exact) mass is 275 g/mol.